The Labute approximate surface area is 124 Å². The van der Waals surface area contributed by atoms with Crippen molar-refractivity contribution in [3.05, 3.63) is 0 Å². The highest BCUT2D eigenvalue weighted by molar-refractivity contribution is 5.86. The average molecular weight is 303 g/mol. The van der Waals surface area contributed by atoms with E-state index in [0.717, 1.165) is 7.11 Å². The van der Waals surface area contributed by atoms with Gasteiger partial charge in [0.05, 0.1) is 13.5 Å². The monoisotopic (exact) mass is 303 g/mol. The van der Waals surface area contributed by atoms with E-state index in [4.69, 9.17) is 5.11 Å². The third-order valence-electron chi connectivity index (χ3n) is 2.88. The first-order valence-corrected chi connectivity index (χ1v) is 6.68. The van der Waals surface area contributed by atoms with Crippen molar-refractivity contribution in [2.75, 3.05) is 27.7 Å². The number of carboxylic acid groups (broad SMARTS) is 1. The quantitative estimate of drug-likeness (QED) is 0.540. The summed E-state index contributed by atoms with van der Waals surface area (Å²) in [5.74, 6) is -1.80. The molecule has 0 saturated heterocycles. The summed E-state index contributed by atoms with van der Waals surface area (Å²) in [7, 11) is 4.92. The minimum atomic E-state index is -1.32. The van der Waals surface area contributed by atoms with E-state index < -0.39 is 30.4 Å². The number of nitrogens with one attached hydrogen (secondary N) is 2. The lowest BCUT2D eigenvalue weighted by Gasteiger charge is -2.26. The molecule has 2 amide bonds. The van der Waals surface area contributed by atoms with E-state index in [1.54, 1.807) is 0 Å². The molecule has 0 bridgehead atoms. The highest BCUT2D eigenvalue weighted by Crippen LogP contribution is 2.03. The molecule has 0 aromatic carbocycles. The second-order valence-corrected chi connectivity index (χ2v) is 5.40. The molecule has 0 aliphatic heterocycles. The zero-order valence-corrected chi connectivity index (χ0v) is 13.2. The van der Waals surface area contributed by atoms with Crippen molar-refractivity contribution in [1.82, 2.24) is 15.5 Å². The third-order valence-corrected chi connectivity index (χ3v) is 2.88. The molecule has 0 aliphatic carbocycles. The van der Waals surface area contributed by atoms with Crippen LogP contribution < -0.4 is 10.6 Å². The molecule has 0 fully saturated rings. The van der Waals surface area contributed by atoms with E-state index in [2.05, 4.69) is 15.4 Å². The molecule has 0 aliphatic rings. The van der Waals surface area contributed by atoms with Gasteiger partial charge >= 0.3 is 18.0 Å². The lowest BCUT2D eigenvalue weighted by molar-refractivity contribution is -0.147. The maximum absolute atomic E-state index is 11.9. The Hall–Kier alpha value is -1.83. The fraction of sp³-hybridized carbons (Fsp3) is 0.769. The number of nitrogens with zero attached hydrogens (tertiary/aromatic N) is 1. The number of esters is 1. The SMILES string of the molecule is COC(=O)C[C@H](NC(=O)NC(CN(C)C)C(C)C)C(=O)O. The number of methoxy groups -OCH3 is 1. The molecule has 8 nitrogen and oxygen atoms in total. The average Bonchev–Trinajstić information content (AvgIpc) is 2.35. The molecule has 0 aromatic heterocycles. The maximum Gasteiger partial charge on any atom is 0.326 e. The van der Waals surface area contributed by atoms with E-state index in [1.165, 1.54) is 0 Å². The largest absolute Gasteiger partial charge is 0.480 e. The van der Waals surface area contributed by atoms with Crippen molar-refractivity contribution in [2.24, 2.45) is 5.92 Å². The Morgan fingerprint density at radius 3 is 2.14 bits per heavy atom. The van der Waals surface area contributed by atoms with Gasteiger partial charge in [-0.3, -0.25) is 4.79 Å². The zero-order valence-electron chi connectivity index (χ0n) is 13.2. The molecule has 3 N–H and O–H groups in total. The number of urea groups is 1. The van der Waals surface area contributed by atoms with Crippen LogP contribution in [0.4, 0.5) is 4.79 Å². The predicted octanol–water partition coefficient (Wildman–Crippen LogP) is -0.112. The summed E-state index contributed by atoms with van der Waals surface area (Å²) in [5, 5.41) is 14.0. The summed E-state index contributed by atoms with van der Waals surface area (Å²) < 4.78 is 4.40. The van der Waals surface area contributed by atoms with E-state index in [9.17, 15) is 14.4 Å². The number of carboxylic acids is 1. The number of amides is 2. The summed E-state index contributed by atoms with van der Waals surface area (Å²) in [6, 6.07) is -2.07. The number of carbonyl (C=O) groups excluding carboxylic acids is 2. The zero-order chi connectivity index (χ0) is 16.6. The molecule has 0 spiro atoms. The van der Waals surface area contributed by atoms with Gasteiger partial charge in [0.1, 0.15) is 6.04 Å². The molecular weight excluding hydrogens is 278 g/mol. The third kappa shape index (κ3) is 8.13. The van der Waals surface area contributed by atoms with Crippen molar-refractivity contribution < 1.29 is 24.2 Å². The minimum Gasteiger partial charge on any atom is -0.480 e. The van der Waals surface area contributed by atoms with Crippen molar-refractivity contribution in [1.29, 1.82) is 0 Å². The first kappa shape index (κ1) is 19.2. The van der Waals surface area contributed by atoms with Crippen LogP contribution in [0.5, 0.6) is 0 Å². The van der Waals surface area contributed by atoms with Gasteiger partial charge in [-0.1, -0.05) is 13.8 Å². The Morgan fingerprint density at radius 1 is 1.19 bits per heavy atom. The van der Waals surface area contributed by atoms with Gasteiger partial charge in [-0.2, -0.15) is 0 Å². The fourth-order valence-electron chi connectivity index (χ4n) is 1.63. The van der Waals surface area contributed by atoms with Gasteiger partial charge in [-0.15, -0.1) is 0 Å². The van der Waals surface area contributed by atoms with Crippen molar-refractivity contribution >= 4 is 18.0 Å². The molecule has 0 radical (unpaired) electrons. The van der Waals surface area contributed by atoms with Crippen LogP contribution in [0.15, 0.2) is 0 Å². The van der Waals surface area contributed by atoms with Gasteiger partial charge in [0.15, 0.2) is 0 Å². The van der Waals surface area contributed by atoms with Crippen LogP contribution in [-0.4, -0.2) is 67.8 Å². The number of hydrogen-bond donors (Lipinski definition) is 3. The summed E-state index contributed by atoms with van der Waals surface area (Å²) in [6.07, 6.45) is -0.417. The van der Waals surface area contributed by atoms with Crippen LogP contribution in [0.3, 0.4) is 0 Å². The first-order valence-electron chi connectivity index (χ1n) is 6.68. The van der Waals surface area contributed by atoms with Gasteiger partial charge in [-0.25, -0.2) is 9.59 Å². The van der Waals surface area contributed by atoms with Crippen LogP contribution in [0.2, 0.25) is 0 Å². The van der Waals surface area contributed by atoms with E-state index in [1.807, 2.05) is 32.8 Å². The van der Waals surface area contributed by atoms with Crippen LogP contribution in [-0.2, 0) is 14.3 Å². The number of carbonyl (C=O) groups is 3. The molecule has 1 unspecified atom stereocenters. The lowest BCUT2D eigenvalue weighted by Crippen LogP contribution is -2.53. The Balaban J connectivity index is 4.60. The molecule has 2 atom stereocenters. The molecule has 0 heterocycles. The molecule has 0 saturated carbocycles. The normalized spacial score (nSPS) is 13.7. The summed E-state index contributed by atoms with van der Waals surface area (Å²) in [4.78, 5) is 35.9. The maximum atomic E-state index is 11.9. The van der Waals surface area contributed by atoms with Gasteiger partial charge in [0.2, 0.25) is 0 Å². The van der Waals surface area contributed by atoms with Gasteiger partial charge in [-0.05, 0) is 20.0 Å². The van der Waals surface area contributed by atoms with Gasteiger partial charge < -0.3 is 25.4 Å². The van der Waals surface area contributed by atoms with Crippen LogP contribution in [0.25, 0.3) is 0 Å². The molecule has 8 heteroatoms. The number of likely N-dealkylation sites (N-methyl/N-ethyl adjacent to an activating group) is 1. The molecular formula is C13H25N3O5. The van der Waals surface area contributed by atoms with Gasteiger partial charge in [0, 0.05) is 12.6 Å². The Morgan fingerprint density at radius 2 is 1.76 bits per heavy atom. The standard InChI is InChI=1S/C13H25N3O5/c1-8(2)10(7-16(3)4)15-13(20)14-9(12(18)19)6-11(17)21-5/h8-10H,6-7H2,1-5H3,(H,18,19)(H2,14,15,20)/t9-,10?/m0/s1. The number of hydrogen-bond acceptors (Lipinski definition) is 5. The highest BCUT2D eigenvalue weighted by atomic mass is 16.5. The molecule has 0 rings (SSSR count). The van der Waals surface area contributed by atoms with Crippen molar-refractivity contribution in [3.8, 4) is 0 Å². The van der Waals surface area contributed by atoms with E-state index in [0.29, 0.717) is 6.54 Å². The van der Waals surface area contributed by atoms with E-state index in [-0.39, 0.29) is 12.0 Å². The minimum absolute atomic E-state index is 0.132. The lowest BCUT2D eigenvalue weighted by atomic mass is 10.0. The topological polar surface area (TPSA) is 108 Å². The number of ether oxygens (including phenoxy) is 1. The first-order chi connectivity index (χ1) is 9.67. The van der Waals surface area contributed by atoms with Crippen molar-refractivity contribution in [2.45, 2.75) is 32.4 Å². The Kier molecular flexibility index (Phi) is 8.37. The second kappa shape index (κ2) is 9.17. The Bertz CT molecular complexity index is 371. The van der Waals surface area contributed by atoms with Crippen LogP contribution in [0.1, 0.15) is 20.3 Å². The predicted molar refractivity (Wildman–Crippen MR) is 76.9 cm³/mol. The number of aliphatic carboxylic acids is 1. The molecule has 21 heavy (non-hydrogen) atoms. The number of rotatable bonds is 8. The van der Waals surface area contributed by atoms with Gasteiger partial charge in [0.25, 0.3) is 0 Å². The second-order valence-electron chi connectivity index (χ2n) is 5.40. The van der Waals surface area contributed by atoms with Crippen LogP contribution in [0, 0.1) is 5.92 Å². The van der Waals surface area contributed by atoms with E-state index >= 15 is 0 Å². The summed E-state index contributed by atoms with van der Waals surface area (Å²) >= 11 is 0. The molecule has 122 valence electrons. The summed E-state index contributed by atoms with van der Waals surface area (Å²) in [6.45, 7) is 4.54. The summed E-state index contributed by atoms with van der Waals surface area (Å²) in [5.41, 5.74) is 0. The smallest absolute Gasteiger partial charge is 0.326 e. The fourth-order valence-corrected chi connectivity index (χ4v) is 1.63. The van der Waals surface area contributed by atoms with Crippen molar-refractivity contribution in [3.63, 3.8) is 0 Å². The molecule has 0 aromatic rings. The highest BCUT2D eigenvalue weighted by Gasteiger charge is 2.25. The van der Waals surface area contributed by atoms with Crippen LogP contribution >= 0.6 is 0 Å².